The quantitative estimate of drug-likeness (QED) is 0.831. The highest BCUT2D eigenvalue weighted by molar-refractivity contribution is 5.95. The predicted octanol–water partition coefficient (Wildman–Crippen LogP) is 3.09. The van der Waals surface area contributed by atoms with Gasteiger partial charge in [-0.1, -0.05) is 26.0 Å². The van der Waals surface area contributed by atoms with Gasteiger partial charge in [-0.05, 0) is 68.1 Å². The maximum Gasteiger partial charge on any atom is 0.268 e. The fourth-order valence-electron chi connectivity index (χ4n) is 3.52. The molecule has 0 aliphatic carbocycles. The monoisotopic (exact) mass is 385 g/mol. The molecule has 1 amide bonds. The van der Waals surface area contributed by atoms with Crippen molar-refractivity contribution in [1.82, 2.24) is 15.2 Å². The molecule has 0 radical (unpaired) electrons. The Balaban J connectivity index is 1.88. The zero-order chi connectivity index (χ0) is 20.3. The van der Waals surface area contributed by atoms with Crippen LogP contribution in [-0.2, 0) is 0 Å². The van der Waals surface area contributed by atoms with Crippen molar-refractivity contribution in [3.05, 3.63) is 63.6 Å². The summed E-state index contributed by atoms with van der Waals surface area (Å²) in [6.45, 7) is 7.00. The number of benzene rings is 1. The van der Waals surface area contributed by atoms with E-state index in [1.807, 2.05) is 24.3 Å². The number of hydrogen-bond acceptors (Lipinski definition) is 3. The second-order valence-electron chi connectivity index (χ2n) is 7.88. The molecule has 2 heterocycles. The summed E-state index contributed by atoms with van der Waals surface area (Å²) in [6, 6.07) is 9.46. The molecule has 6 heteroatoms. The molecule has 0 saturated carbocycles. The number of nitrogens with zero attached hydrogens (tertiary/aromatic N) is 1. The largest absolute Gasteiger partial charge is 0.349 e. The van der Waals surface area contributed by atoms with Gasteiger partial charge < -0.3 is 10.6 Å². The minimum Gasteiger partial charge on any atom is -0.349 e. The maximum atomic E-state index is 14.8. The first-order valence-electron chi connectivity index (χ1n) is 9.81. The minimum atomic E-state index is -1.42. The van der Waals surface area contributed by atoms with Gasteiger partial charge in [0.25, 0.3) is 11.5 Å². The van der Waals surface area contributed by atoms with E-state index in [4.69, 9.17) is 0 Å². The lowest BCUT2D eigenvalue weighted by molar-refractivity contribution is 0.0835. The molecule has 1 saturated heterocycles. The lowest BCUT2D eigenvalue weighted by Crippen LogP contribution is -2.47. The van der Waals surface area contributed by atoms with E-state index in [2.05, 4.69) is 24.5 Å². The maximum absolute atomic E-state index is 14.8. The summed E-state index contributed by atoms with van der Waals surface area (Å²) in [4.78, 5) is 25.8. The number of rotatable bonds is 5. The van der Waals surface area contributed by atoms with Crippen LogP contribution < -0.4 is 16.2 Å². The summed E-state index contributed by atoms with van der Waals surface area (Å²) < 4.78 is 16.3. The summed E-state index contributed by atoms with van der Waals surface area (Å²) in [5.41, 5.74) is 0.657. The third-order valence-electron chi connectivity index (χ3n) is 5.41. The van der Waals surface area contributed by atoms with E-state index in [-0.39, 0.29) is 12.1 Å². The Bertz CT molecular complexity index is 914. The number of piperidine rings is 1. The Hall–Kier alpha value is -2.47. The summed E-state index contributed by atoms with van der Waals surface area (Å²) in [5.74, 6) is -0.193. The Morgan fingerprint density at radius 1 is 1.29 bits per heavy atom. The van der Waals surface area contributed by atoms with Gasteiger partial charge in [-0.15, -0.1) is 0 Å². The van der Waals surface area contributed by atoms with Crippen LogP contribution >= 0.6 is 0 Å². The number of pyridine rings is 1. The van der Waals surface area contributed by atoms with Crippen LogP contribution in [-0.4, -0.2) is 35.8 Å². The first-order valence-corrected chi connectivity index (χ1v) is 9.81. The van der Waals surface area contributed by atoms with Gasteiger partial charge in [-0.25, -0.2) is 4.39 Å². The van der Waals surface area contributed by atoms with Crippen LogP contribution in [0.1, 0.15) is 54.1 Å². The molecule has 0 bridgehead atoms. The molecular formula is C22H28FN3O2. The minimum absolute atomic E-state index is 0.0648. The standard InChI is InChI=1S/C22H28FN3O2/c1-15(2)17-5-4-6-18(13-17)26-12-7-16(3)19(21(26)28)20(27)25-14-22(23)8-10-24-11-9-22/h4-7,12-13,15,24H,8-11,14H2,1-3H3,(H,25,27). The van der Waals surface area contributed by atoms with Crippen molar-refractivity contribution in [3.8, 4) is 5.69 Å². The third kappa shape index (κ3) is 4.33. The van der Waals surface area contributed by atoms with Gasteiger partial charge in [-0.3, -0.25) is 14.2 Å². The number of aromatic nitrogens is 1. The number of hydrogen-bond donors (Lipinski definition) is 2. The highest BCUT2D eigenvalue weighted by atomic mass is 19.1. The van der Waals surface area contributed by atoms with Gasteiger partial charge in [0.15, 0.2) is 0 Å². The molecule has 28 heavy (non-hydrogen) atoms. The molecule has 1 fully saturated rings. The molecule has 0 spiro atoms. The van der Waals surface area contributed by atoms with Gasteiger partial charge in [0.05, 0.1) is 6.54 Å². The van der Waals surface area contributed by atoms with E-state index in [0.29, 0.717) is 43.1 Å². The number of carbonyl (C=O) groups is 1. The highest BCUT2D eigenvalue weighted by Crippen LogP contribution is 2.22. The van der Waals surface area contributed by atoms with Crippen LogP contribution in [0.25, 0.3) is 5.69 Å². The summed E-state index contributed by atoms with van der Waals surface area (Å²) in [5, 5.41) is 5.75. The topological polar surface area (TPSA) is 63.1 Å². The highest BCUT2D eigenvalue weighted by Gasteiger charge is 2.32. The van der Waals surface area contributed by atoms with E-state index in [9.17, 15) is 14.0 Å². The Morgan fingerprint density at radius 2 is 2.00 bits per heavy atom. The second kappa shape index (κ2) is 8.27. The lowest BCUT2D eigenvalue weighted by Gasteiger charge is -2.30. The molecule has 5 nitrogen and oxygen atoms in total. The van der Waals surface area contributed by atoms with E-state index < -0.39 is 17.1 Å². The number of amides is 1. The normalized spacial score (nSPS) is 16.2. The number of carbonyl (C=O) groups excluding carboxylic acids is 1. The molecule has 2 N–H and O–H groups in total. The molecule has 150 valence electrons. The van der Waals surface area contributed by atoms with E-state index in [0.717, 1.165) is 5.56 Å². The molecule has 1 aromatic heterocycles. The van der Waals surface area contributed by atoms with Crippen molar-refractivity contribution in [2.75, 3.05) is 19.6 Å². The van der Waals surface area contributed by atoms with Gasteiger partial charge >= 0.3 is 0 Å². The molecule has 1 aromatic carbocycles. The van der Waals surface area contributed by atoms with Crippen molar-refractivity contribution in [2.24, 2.45) is 0 Å². The molecule has 1 aliphatic rings. The summed E-state index contributed by atoms with van der Waals surface area (Å²) in [7, 11) is 0. The fraction of sp³-hybridized carbons (Fsp3) is 0.455. The number of alkyl halides is 1. The lowest BCUT2D eigenvalue weighted by atomic mass is 9.94. The van der Waals surface area contributed by atoms with Crippen molar-refractivity contribution in [3.63, 3.8) is 0 Å². The molecule has 3 rings (SSSR count). The third-order valence-corrected chi connectivity index (χ3v) is 5.41. The van der Waals surface area contributed by atoms with Crippen LogP contribution in [0.2, 0.25) is 0 Å². The summed E-state index contributed by atoms with van der Waals surface area (Å²) in [6.07, 6.45) is 2.39. The van der Waals surface area contributed by atoms with Gasteiger partial charge in [0.1, 0.15) is 11.2 Å². The molecule has 0 atom stereocenters. The van der Waals surface area contributed by atoms with Gasteiger partial charge in [-0.2, -0.15) is 0 Å². The Labute approximate surface area is 165 Å². The fourth-order valence-corrected chi connectivity index (χ4v) is 3.52. The first-order chi connectivity index (χ1) is 13.3. The van der Waals surface area contributed by atoms with Crippen LogP contribution in [0.3, 0.4) is 0 Å². The van der Waals surface area contributed by atoms with Crippen molar-refractivity contribution in [1.29, 1.82) is 0 Å². The smallest absolute Gasteiger partial charge is 0.268 e. The zero-order valence-electron chi connectivity index (χ0n) is 16.7. The molecule has 2 aromatic rings. The van der Waals surface area contributed by atoms with E-state index in [1.54, 1.807) is 19.2 Å². The Morgan fingerprint density at radius 3 is 2.68 bits per heavy atom. The predicted molar refractivity (Wildman–Crippen MR) is 109 cm³/mol. The SMILES string of the molecule is Cc1ccn(-c2cccc(C(C)C)c2)c(=O)c1C(=O)NCC1(F)CCNCC1. The van der Waals surface area contributed by atoms with E-state index >= 15 is 0 Å². The number of halogens is 1. The van der Waals surface area contributed by atoms with Crippen molar-refractivity contribution >= 4 is 5.91 Å². The molecular weight excluding hydrogens is 357 g/mol. The van der Waals surface area contributed by atoms with Crippen LogP contribution in [0.15, 0.2) is 41.3 Å². The second-order valence-corrected chi connectivity index (χ2v) is 7.88. The van der Waals surface area contributed by atoms with Crippen LogP contribution in [0.5, 0.6) is 0 Å². The van der Waals surface area contributed by atoms with Crippen LogP contribution in [0.4, 0.5) is 4.39 Å². The first kappa shape index (κ1) is 20.3. The Kier molecular flexibility index (Phi) is 5.98. The zero-order valence-corrected chi connectivity index (χ0v) is 16.7. The van der Waals surface area contributed by atoms with Gasteiger partial charge in [0, 0.05) is 11.9 Å². The molecule has 1 aliphatic heterocycles. The van der Waals surface area contributed by atoms with Crippen molar-refractivity contribution < 1.29 is 9.18 Å². The average Bonchev–Trinajstić information content (AvgIpc) is 2.67. The molecule has 0 unspecified atom stereocenters. The number of nitrogens with one attached hydrogen (secondary N) is 2. The average molecular weight is 385 g/mol. The number of aryl methyl sites for hydroxylation is 1. The summed E-state index contributed by atoms with van der Waals surface area (Å²) >= 11 is 0. The van der Waals surface area contributed by atoms with Crippen LogP contribution in [0, 0.1) is 6.92 Å². The van der Waals surface area contributed by atoms with Crippen molar-refractivity contribution in [2.45, 2.75) is 45.2 Å². The van der Waals surface area contributed by atoms with Gasteiger partial charge in [0.2, 0.25) is 0 Å². The van der Waals surface area contributed by atoms with E-state index in [1.165, 1.54) is 4.57 Å².